The Labute approximate surface area is 121 Å². The van der Waals surface area contributed by atoms with Crippen LogP contribution in [0.15, 0.2) is 42.5 Å². The fraction of sp³-hybridized carbons (Fsp3) is 0.200. The van der Waals surface area contributed by atoms with Crippen molar-refractivity contribution < 1.29 is 14.4 Å². The van der Waals surface area contributed by atoms with Gasteiger partial charge in [0.25, 0.3) is 0 Å². The Hall–Kier alpha value is -2.63. The molecule has 6 heteroatoms. The Balaban J connectivity index is 2.02. The van der Waals surface area contributed by atoms with Gasteiger partial charge in [-0.1, -0.05) is 12.1 Å². The minimum atomic E-state index is -0.859. The summed E-state index contributed by atoms with van der Waals surface area (Å²) in [5.74, 6) is -0.654. The molecule has 0 aliphatic heterocycles. The van der Waals surface area contributed by atoms with E-state index in [0.717, 1.165) is 17.7 Å². The fourth-order valence-corrected chi connectivity index (χ4v) is 2.07. The molecule has 5 nitrogen and oxygen atoms in total. The third-order valence-corrected chi connectivity index (χ3v) is 3.04. The third kappa shape index (κ3) is 3.92. The van der Waals surface area contributed by atoms with Crippen LogP contribution in [0.4, 0.5) is 15.8 Å². The van der Waals surface area contributed by atoms with Gasteiger partial charge in [-0.05, 0) is 37.1 Å². The molecule has 2 aromatic rings. The second kappa shape index (κ2) is 6.21. The fourth-order valence-electron chi connectivity index (χ4n) is 2.07. The predicted octanol–water partition coefficient (Wildman–Crippen LogP) is 3.48. The van der Waals surface area contributed by atoms with Crippen LogP contribution in [0.5, 0.6) is 5.75 Å². The lowest BCUT2D eigenvalue weighted by molar-refractivity contribution is -0.387. The van der Waals surface area contributed by atoms with Crippen molar-refractivity contribution in [2.75, 3.05) is 5.32 Å². The van der Waals surface area contributed by atoms with E-state index in [1.54, 1.807) is 12.1 Å². The summed E-state index contributed by atoms with van der Waals surface area (Å²) in [5, 5.41) is 22.9. The van der Waals surface area contributed by atoms with Crippen molar-refractivity contribution in [1.29, 1.82) is 0 Å². The van der Waals surface area contributed by atoms with Gasteiger partial charge in [0.2, 0.25) is 5.82 Å². The second-order valence-electron chi connectivity index (χ2n) is 4.84. The lowest BCUT2D eigenvalue weighted by Gasteiger charge is -2.15. The zero-order chi connectivity index (χ0) is 15.4. The number of nitrogens with one attached hydrogen (secondary N) is 1. The molecule has 21 heavy (non-hydrogen) atoms. The molecule has 0 amide bonds. The van der Waals surface area contributed by atoms with Crippen molar-refractivity contribution in [2.45, 2.75) is 19.4 Å². The summed E-state index contributed by atoms with van der Waals surface area (Å²) in [5.41, 5.74) is 0.978. The molecule has 0 aromatic heterocycles. The van der Waals surface area contributed by atoms with E-state index in [1.165, 1.54) is 6.07 Å². The number of nitrogens with zero attached hydrogens (tertiary/aromatic N) is 1. The van der Waals surface area contributed by atoms with E-state index < -0.39 is 16.4 Å². The number of benzene rings is 2. The Kier molecular flexibility index (Phi) is 4.37. The van der Waals surface area contributed by atoms with Gasteiger partial charge in [0, 0.05) is 23.9 Å². The molecular formula is C15H15FN2O3. The van der Waals surface area contributed by atoms with Crippen LogP contribution in [-0.2, 0) is 6.42 Å². The van der Waals surface area contributed by atoms with Gasteiger partial charge in [0.1, 0.15) is 5.75 Å². The number of aromatic hydroxyl groups is 1. The zero-order valence-electron chi connectivity index (χ0n) is 11.4. The minimum absolute atomic E-state index is 0.00963. The summed E-state index contributed by atoms with van der Waals surface area (Å²) in [6, 6.07) is 10.6. The maximum atomic E-state index is 13.5. The van der Waals surface area contributed by atoms with E-state index in [0.29, 0.717) is 12.1 Å². The molecule has 0 aliphatic carbocycles. The van der Waals surface area contributed by atoms with Gasteiger partial charge >= 0.3 is 5.69 Å². The Morgan fingerprint density at radius 3 is 2.52 bits per heavy atom. The van der Waals surface area contributed by atoms with Crippen LogP contribution in [0.2, 0.25) is 0 Å². The summed E-state index contributed by atoms with van der Waals surface area (Å²) in [6.07, 6.45) is 0.679. The molecule has 0 aliphatic rings. The van der Waals surface area contributed by atoms with Crippen LogP contribution in [-0.4, -0.2) is 16.1 Å². The molecule has 2 aromatic carbocycles. The summed E-state index contributed by atoms with van der Waals surface area (Å²) < 4.78 is 13.5. The van der Waals surface area contributed by atoms with E-state index in [-0.39, 0.29) is 11.8 Å². The molecule has 1 unspecified atom stereocenters. The van der Waals surface area contributed by atoms with Crippen LogP contribution in [0.25, 0.3) is 0 Å². The smallest absolute Gasteiger partial charge is 0.304 e. The maximum absolute atomic E-state index is 13.5. The molecule has 110 valence electrons. The van der Waals surface area contributed by atoms with E-state index in [1.807, 2.05) is 19.1 Å². The van der Waals surface area contributed by atoms with Crippen LogP contribution in [0.3, 0.4) is 0 Å². The molecule has 0 spiro atoms. The third-order valence-electron chi connectivity index (χ3n) is 3.04. The monoisotopic (exact) mass is 290 g/mol. The first-order chi connectivity index (χ1) is 9.95. The lowest BCUT2D eigenvalue weighted by Crippen LogP contribution is -2.18. The van der Waals surface area contributed by atoms with Crippen molar-refractivity contribution in [3.8, 4) is 5.75 Å². The first kappa shape index (κ1) is 14.8. The van der Waals surface area contributed by atoms with E-state index in [9.17, 15) is 19.6 Å². The molecule has 1 atom stereocenters. The summed E-state index contributed by atoms with van der Waals surface area (Å²) >= 11 is 0. The number of anilines is 1. The number of hydrogen-bond donors (Lipinski definition) is 2. The largest absolute Gasteiger partial charge is 0.508 e. The van der Waals surface area contributed by atoms with Crippen molar-refractivity contribution in [1.82, 2.24) is 0 Å². The minimum Gasteiger partial charge on any atom is -0.508 e. The van der Waals surface area contributed by atoms with E-state index in [2.05, 4.69) is 5.32 Å². The average molecular weight is 290 g/mol. The molecule has 0 bridgehead atoms. The van der Waals surface area contributed by atoms with E-state index in [4.69, 9.17) is 0 Å². The van der Waals surface area contributed by atoms with Crippen molar-refractivity contribution in [3.05, 3.63) is 64.0 Å². The number of phenolic OH excluding ortho intramolecular Hbond substituents is 1. The van der Waals surface area contributed by atoms with Gasteiger partial charge in [0.05, 0.1) is 4.92 Å². The number of phenols is 1. The average Bonchev–Trinajstić information content (AvgIpc) is 2.41. The summed E-state index contributed by atoms with van der Waals surface area (Å²) in [4.78, 5) is 9.80. The molecule has 0 fully saturated rings. The highest BCUT2D eigenvalue weighted by Crippen LogP contribution is 2.22. The second-order valence-corrected chi connectivity index (χ2v) is 4.84. The predicted molar refractivity (Wildman–Crippen MR) is 77.9 cm³/mol. The van der Waals surface area contributed by atoms with Gasteiger partial charge < -0.3 is 10.4 Å². The first-order valence-corrected chi connectivity index (χ1v) is 6.44. The quantitative estimate of drug-likeness (QED) is 0.653. The van der Waals surface area contributed by atoms with Crippen molar-refractivity contribution in [2.24, 2.45) is 0 Å². The molecule has 0 heterocycles. The number of halogens is 1. The molecule has 0 saturated heterocycles. The first-order valence-electron chi connectivity index (χ1n) is 6.44. The van der Waals surface area contributed by atoms with Crippen LogP contribution in [0.1, 0.15) is 12.5 Å². The van der Waals surface area contributed by atoms with Gasteiger partial charge in [-0.3, -0.25) is 10.1 Å². The molecule has 0 saturated carbocycles. The Morgan fingerprint density at radius 1 is 1.29 bits per heavy atom. The van der Waals surface area contributed by atoms with Gasteiger partial charge in [-0.15, -0.1) is 0 Å². The van der Waals surface area contributed by atoms with Crippen LogP contribution < -0.4 is 5.32 Å². The number of nitro groups is 1. The number of nitro benzene ring substituents is 1. The summed E-state index contributed by atoms with van der Waals surface area (Å²) in [6.45, 7) is 1.92. The van der Waals surface area contributed by atoms with Crippen LogP contribution >= 0.6 is 0 Å². The lowest BCUT2D eigenvalue weighted by atomic mass is 10.1. The van der Waals surface area contributed by atoms with E-state index >= 15 is 0 Å². The highest BCUT2D eigenvalue weighted by Gasteiger charge is 2.14. The van der Waals surface area contributed by atoms with Gasteiger partial charge in [-0.2, -0.15) is 4.39 Å². The van der Waals surface area contributed by atoms with Gasteiger partial charge in [-0.25, -0.2) is 0 Å². The van der Waals surface area contributed by atoms with Crippen molar-refractivity contribution >= 4 is 11.4 Å². The topological polar surface area (TPSA) is 75.4 Å². The van der Waals surface area contributed by atoms with Crippen molar-refractivity contribution in [3.63, 3.8) is 0 Å². The SMILES string of the molecule is CC(Cc1ccc(O)cc1)Nc1ccc([N+](=O)[O-])c(F)c1. The molecule has 2 N–H and O–H groups in total. The Morgan fingerprint density at radius 2 is 1.95 bits per heavy atom. The number of hydrogen-bond acceptors (Lipinski definition) is 4. The summed E-state index contributed by atoms with van der Waals surface area (Å²) in [7, 11) is 0. The zero-order valence-corrected chi connectivity index (χ0v) is 11.4. The molecule has 2 rings (SSSR count). The highest BCUT2D eigenvalue weighted by molar-refractivity contribution is 5.50. The van der Waals surface area contributed by atoms with Gasteiger partial charge in [0.15, 0.2) is 0 Å². The molecular weight excluding hydrogens is 275 g/mol. The number of rotatable bonds is 5. The maximum Gasteiger partial charge on any atom is 0.304 e. The van der Waals surface area contributed by atoms with Crippen LogP contribution in [0, 0.1) is 15.9 Å². The normalized spacial score (nSPS) is 11.9. The standard InChI is InChI=1S/C15H15FN2O3/c1-10(8-11-2-5-13(19)6-3-11)17-12-4-7-15(18(20)21)14(16)9-12/h2-7,9-10,17,19H,8H2,1H3. The highest BCUT2D eigenvalue weighted by atomic mass is 19.1. The molecule has 0 radical (unpaired) electrons. The Bertz CT molecular complexity index is 644.